The molecule has 2 nitrogen and oxygen atoms in total. The number of ether oxygens (including phenoxy) is 1. The van der Waals surface area contributed by atoms with Gasteiger partial charge in [-0.1, -0.05) is 0 Å². The van der Waals surface area contributed by atoms with Crippen LogP contribution >= 0.6 is 11.6 Å². The molecule has 0 aromatic heterocycles. The molecule has 0 unspecified atom stereocenters. The second-order valence-electron chi connectivity index (χ2n) is 2.66. The van der Waals surface area contributed by atoms with Crippen LogP contribution in [0.1, 0.15) is 0 Å². The predicted molar refractivity (Wildman–Crippen MR) is 35.7 cm³/mol. The van der Waals surface area contributed by atoms with Gasteiger partial charge in [0.25, 0.3) is 0 Å². The van der Waals surface area contributed by atoms with E-state index in [0.29, 0.717) is 17.3 Å². The van der Waals surface area contributed by atoms with Gasteiger partial charge in [-0.2, -0.15) is 0 Å². The lowest BCUT2D eigenvalue weighted by Crippen LogP contribution is -2.21. The van der Waals surface area contributed by atoms with Crippen molar-refractivity contribution in [3.63, 3.8) is 0 Å². The molecule has 1 N–H and O–H groups in total. The molecular formula is C6H10ClNO. The first-order chi connectivity index (χ1) is 4.39. The van der Waals surface area contributed by atoms with E-state index in [2.05, 4.69) is 5.32 Å². The van der Waals surface area contributed by atoms with Crippen LogP contribution in [0.3, 0.4) is 0 Å². The number of rotatable bonds is 0. The standard InChI is InChI=1S/C6H10ClNO/c7-5-4-3-9-2-1-8-6(4)5/h4-6,8H,1-3H2/t4-,5-,6-/m0/s1. The fourth-order valence-electron chi connectivity index (χ4n) is 1.31. The van der Waals surface area contributed by atoms with Gasteiger partial charge in [0.15, 0.2) is 0 Å². The smallest absolute Gasteiger partial charge is 0.0591 e. The van der Waals surface area contributed by atoms with E-state index in [4.69, 9.17) is 16.3 Å². The first-order valence-corrected chi connectivity index (χ1v) is 3.78. The first kappa shape index (κ1) is 5.96. The van der Waals surface area contributed by atoms with Gasteiger partial charge < -0.3 is 10.1 Å². The Labute approximate surface area is 59.5 Å². The zero-order chi connectivity index (χ0) is 6.27. The number of hydrogen-bond acceptors (Lipinski definition) is 2. The van der Waals surface area contributed by atoms with E-state index in [1.807, 2.05) is 0 Å². The van der Waals surface area contributed by atoms with E-state index < -0.39 is 0 Å². The Morgan fingerprint density at radius 2 is 2.44 bits per heavy atom. The molecule has 1 heterocycles. The van der Waals surface area contributed by atoms with E-state index >= 15 is 0 Å². The Hall–Kier alpha value is 0.210. The number of alkyl halides is 1. The van der Waals surface area contributed by atoms with Crippen LogP contribution in [0.5, 0.6) is 0 Å². The Kier molecular flexibility index (Phi) is 1.40. The van der Waals surface area contributed by atoms with Gasteiger partial charge in [0.1, 0.15) is 0 Å². The highest BCUT2D eigenvalue weighted by Gasteiger charge is 2.49. The third-order valence-corrected chi connectivity index (χ3v) is 2.60. The SMILES string of the molecule is Cl[C@H]1[C@@H]2COCCN[C@H]12. The van der Waals surface area contributed by atoms with Gasteiger partial charge in [0.05, 0.1) is 18.6 Å². The van der Waals surface area contributed by atoms with E-state index in [1.165, 1.54) is 0 Å². The van der Waals surface area contributed by atoms with Crippen molar-refractivity contribution >= 4 is 11.6 Å². The van der Waals surface area contributed by atoms with Gasteiger partial charge in [-0.25, -0.2) is 0 Å². The Morgan fingerprint density at radius 3 is 3.33 bits per heavy atom. The Bertz CT molecular complexity index is 108. The number of halogens is 1. The van der Waals surface area contributed by atoms with Gasteiger partial charge in [-0.15, -0.1) is 11.6 Å². The van der Waals surface area contributed by atoms with Crippen molar-refractivity contribution in [3.05, 3.63) is 0 Å². The minimum absolute atomic E-state index is 0.338. The lowest BCUT2D eigenvalue weighted by Gasteiger charge is -1.98. The van der Waals surface area contributed by atoms with Crippen LogP contribution in [0, 0.1) is 5.92 Å². The third kappa shape index (κ3) is 0.955. The zero-order valence-corrected chi connectivity index (χ0v) is 5.90. The highest BCUT2D eigenvalue weighted by molar-refractivity contribution is 6.23. The second-order valence-corrected chi connectivity index (χ2v) is 3.17. The van der Waals surface area contributed by atoms with Crippen LogP contribution in [-0.2, 0) is 4.74 Å². The molecule has 0 aromatic rings. The van der Waals surface area contributed by atoms with Crippen LogP contribution in [0.15, 0.2) is 0 Å². The molecule has 1 aliphatic carbocycles. The van der Waals surface area contributed by atoms with E-state index in [9.17, 15) is 0 Å². The average molecular weight is 148 g/mol. The molecule has 2 rings (SSSR count). The molecule has 3 heteroatoms. The molecule has 2 fully saturated rings. The molecule has 2 aliphatic rings. The van der Waals surface area contributed by atoms with Gasteiger partial charge in [-0.05, 0) is 0 Å². The summed E-state index contributed by atoms with van der Waals surface area (Å²) in [4.78, 5) is 0. The summed E-state index contributed by atoms with van der Waals surface area (Å²) in [5, 5.41) is 3.65. The fourth-order valence-corrected chi connectivity index (χ4v) is 1.73. The summed E-state index contributed by atoms with van der Waals surface area (Å²) in [5.74, 6) is 0.592. The summed E-state index contributed by atoms with van der Waals surface area (Å²) in [6.45, 7) is 2.66. The van der Waals surface area contributed by atoms with Gasteiger partial charge >= 0.3 is 0 Å². The predicted octanol–water partition coefficient (Wildman–Crippen LogP) is 0.212. The molecule has 3 atom stereocenters. The van der Waals surface area contributed by atoms with E-state index in [1.54, 1.807) is 0 Å². The molecule has 0 radical (unpaired) electrons. The molecule has 1 saturated carbocycles. The highest BCUT2D eigenvalue weighted by Crippen LogP contribution is 2.37. The zero-order valence-electron chi connectivity index (χ0n) is 5.14. The van der Waals surface area contributed by atoms with Crippen molar-refractivity contribution in [1.82, 2.24) is 5.32 Å². The lowest BCUT2D eigenvalue weighted by atomic mass is 10.4. The minimum atomic E-state index is 0.338. The molecule has 9 heavy (non-hydrogen) atoms. The summed E-state index contributed by atoms with van der Waals surface area (Å²) in [6, 6.07) is 0.550. The van der Waals surface area contributed by atoms with Crippen molar-refractivity contribution < 1.29 is 4.74 Å². The summed E-state index contributed by atoms with van der Waals surface area (Å²) in [5.41, 5.74) is 0. The maximum absolute atomic E-state index is 5.89. The summed E-state index contributed by atoms with van der Waals surface area (Å²) < 4.78 is 5.27. The molecular weight excluding hydrogens is 138 g/mol. The van der Waals surface area contributed by atoms with Crippen LogP contribution < -0.4 is 5.32 Å². The number of nitrogens with one attached hydrogen (secondary N) is 1. The molecule has 0 aromatic carbocycles. The third-order valence-electron chi connectivity index (χ3n) is 2.01. The summed E-state index contributed by atoms with van der Waals surface area (Å²) >= 11 is 5.89. The summed E-state index contributed by atoms with van der Waals surface area (Å²) in [6.07, 6.45) is 0. The number of hydrogen-bond donors (Lipinski definition) is 1. The quantitative estimate of drug-likeness (QED) is 0.495. The van der Waals surface area contributed by atoms with Crippen LogP contribution in [0.25, 0.3) is 0 Å². The molecule has 52 valence electrons. The summed E-state index contributed by atoms with van der Waals surface area (Å²) in [7, 11) is 0. The number of fused-ring (bicyclic) bond motifs is 1. The van der Waals surface area contributed by atoms with Crippen LogP contribution in [-0.4, -0.2) is 31.2 Å². The Balaban J connectivity index is 1.93. The van der Waals surface area contributed by atoms with Crippen molar-refractivity contribution in [2.75, 3.05) is 19.8 Å². The van der Waals surface area contributed by atoms with Crippen molar-refractivity contribution in [2.45, 2.75) is 11.4 Å². The molecule has 0 spiro atoms. The Morgan fingerprint density at radius 1 is 1.56 bits per heavy atom. The largest absolute Gasteiger partial charge is 0.380 e. The molecule has 0 amide bonds. The molecule has 0 bridgehead atoms. The monoisotopic (exact) mass is 147 g/mol. The maximum Gasteiger partial charge on any atom is 0.0591 e. The molecule has 1 saturated heterocycles. The first-order valence-electron chi connectivity index (χ1n) is 3.35. The van der Waals surface area contributed by atoms with E-state index in [-0.39, 0.29) is 0 Å². The normalized spacial score (nSPS) is 49.7. The van der Waals surface area contributed by atoms with Crippen LogP contribution in [0.2, 0.25) is 0 Å². The topological polar surface area (TPSA) is 21.3 Å². The van der Waals surface area contributed by atoms with Gasteiger partial charge in [0.2, 0.25) is 0 Å². The molecule has 1 aliphatic heterocycles. The second kappa shape index (κ2) is 2.11. The maximum atomic E-state index is 5.89. The average Bonchev–Trinajstić information content (AvgIpc) is 2.51. The van der Waals surface area contributed by atoms with Gasteiger partial charge in [-0.3, -0.25) is 0 Å². The van der Waals surface area contributed by atoms with Gasteiger partial charge in [0, 0.05) is 18.5 Å². The van der Waals surface area contributed by atoms with Crippen molar-refractivity contribution in [2.24, 2.45) is 5.92 Å². The fraction of sp³-hybridized carbons (Fsp3) is 1.00. The van der Waals surface area contributed by atoms with Crippen molar-refractivity contribution in [1.29, 1.82) is 0 Å². The van der Waals surface area contributed by atoms with Crippen molar-refractivity contribution in [3.8, 4) is 0 Å². The van der Waals surface area contributed by atoms with Crippen LogP contribution in [0.4, 0.5) is 0 Å². The lowest BCUT2D eigenvalue weighted by molar-refractivity contribution is 0.138. The highest BCUT2D eigenvalue weighted by atomic mass is 35.5. The minimum Gasteiger partial charge on any atom is -0.380 e. The van der Waals surface area contributed by atoms with E-state index in [0.717, 1.165) is 19.8 Å².